The number of fused-ring (bicyclic) bond motifs is 1. The molecule has 3 aromatic rings. The van der Waals surface area contributed by atoms with Crippen molar-refractivity contribution in [3.63, 3.8) is 0 Å². The molecule has 3 heterocycles. The Morgan fingerprint density at radius 1 is 1.39 bits per heavy atom. The summed E-state index contributed by atoms with van der Waals surface area (Å²) >= 11 is 1.65. The van der Waals surface area contributed by atoms with Gasteiger partial charge in [-0.25, -0.2) is 9.97 Å². The fourth-order valence-corrected chi connectivity index (χ4v) is 2.62. The van der Waals surface area contributed by atoms with E-state index in [0.717, 1.165) is 22.6 Å². The number of thiophene rings is 1. The van der Waals surface area contributed by atoms with E-state index < -0.39 is 0 Å². The molecule has 5 nitrogen and oxygen atoms in total. The van der Waals surface area contributed by atoms with Gasteiger partial charge in [-0.1, -0.05) is 0 Å². The minimum atomic E-state index is 0.726. The van der Waals surface area contributed by atoms with Crippen molar-refractivity contribution in [1.29, 1.82) is 0 Å². The first-order valence-electron chi connectivity index (χ1n) is 5.65. The minimum Gasteiger partial charge on any atom is -0.365 e. The van der Waals surface area contributed by atoms with Gasteiger partial charge in [0.05, 0.1) is 16.4 Å². The zero-order valence-electron chi connectivity index (χ0n) is 10.2. The van der Waals surface area contributed by atoms with Gasteiger partial charge in [0.2, 0.25) is 0 Å². The van der Waals surface area contributed by atoms with Gasteiger partial charge in [0.1, 0.15) is 12.1 Å². The number of rotatable bonds is 3. The second-order valence-electron chi connectivity index (χ2n) is 4.09. The number of hydrogen-bond donors (Lipinski definition) is 1. The van der Waals surface area contributed by atoms with Crippen LogP contribution in [-0.4, -0.2) is 19.7 Å². The van der Waals surface area contributed by atoms with E-state index in [9.17, 15) is 0 Å². The average molecular weight is 259 g/mol. The fourth-order valence-electron chi connectivity index (χ4n) is 1.81. The number of nitrogens with zero attached hydrogens (tertiary/aromatic N) is 4. The summed E-state index contributed by atoms with van der Waals surface area (Å²) in [7, 11) is 1.95. The third kappa shape index (κ3) is 1.84. The molecule has 3 aromatic heterocycles. The van der Waals surface area contributed by atoms with Crippen LogP contribution >= 0.6 is 11.3 Å². The van der Waals surface area contributed by atoms with Crippen molar-refractivity contribution in [3.8, 4) is 0 Å². The number of aryl methyl sites for hydroxylation is 1. The van der Waals surface area contributed by atoms with E-state index in [-0.39, 0.29) is 0 Å². The summed E-state index contributed by atoms with van der Waals surface area (Å²) in [4.78, 5) is 8.51. The quantitative estimate of drug-likeness (QED) is 0.784. The highest BCUT2D eigenvalue weighted by Gasteiger charge is 2.07. The Bertz CT molecular complexity index is 685. The lowest BCUT2D eigenvalue weighted by molar-refractivity contribution is 0.738. The lowest BCUT2D eigenvalue weighted by Crippen LogP contribution is -2.03. The third-order valence-electron chi connectivity index (χ3n) is 3.03. The van der Waals surface area contributed by atoms with Gasteiger partial charge in [0, 0.05) is 24.8 Å². The maximum absolute atomic E-state index is 4.29. The molecule has 6 heteroatoms. The van der Waals surface area contributed by atoms with E-state index >= 15 is 0 Å². The topological polar surface area (TPSA) is 55.6 Å². The summed E-state index contributed by atoms with van der Waals surface area (Å²) in [5, 5.41) is 9.61. The van der Waals surface area contributed by atoms with Crippen LogP contribution in [0.25, 0.3) is 10.2 Å². The summed E-state index contributed by atoms with van der Waals surface area (Å²) in [5.41, 5.74) is 3.33. The van der Waals surface area contributed by atoms with Gasteiger partial charge in [-0.3, -0.25) is 4.68 Å². The maximum atomic E-state index is 4.29. The van der Waals surface area contributed by atoms with Gasteiger partial charge in [0.15, 0.2) is 0 Å². The fraction of sp³-hybridized carbons (Fsp3) is 0.250. The molecular weight excluding hydrogens is 246 g/mol. The van der Waals surface area contributed by atoms with Gasteiger partial charge in [-0.15, -0.1) is 11.3 Å². The largest absolute Gasteiger partial charge is 0.365 e. The monoisotopic (exact) mass is 259 g/mol. The summed E-state index contributed by atoms with van der Waals surface area (Å²) in [5.74, 6) is 0.887. The van der Waals surface area contributed by atoms with Crippen LogP contribution in [0.1, 0.15) is 11.3 Å². The Balaban J connectivity index is 1.85. The Morgan fingerprint density at radius 3 is 3.06 bits per heavy atom. The molecule has 0 atom stereocenters. The lowest BCUT2D eigenvalue weighted by Gasteiger charge is -2.05. The van der Waals surface area contributed by atoms with Gasteiger partial charge in [-0.2, -0.15) is 5.10 Å². The number of anilines is 1. The molecule has 0 radical (unpaired) electrons. The van der Waals surface area contributed by atoms with Crippen LogP contribution in [0.5, 0.6) is 0 Å². The standard InChI is InChI=1S/C12H13N5S/c1-8-9(6-16-17(8)2)5-13-12-11-10(3-4-18-11)14-7-15-12/h3-4,6-7H,5H2,1-2H3,(H,13,14,15). The molecule has 0 unspecified atom stereocenters. The van der Waals surface area contributed by atoms with Crippen LogP contribution in [0.2, 0.25) is 0 Å². The smallest absolute Gasteiger partial charge is 0.147 e. The van der Waals surface area contributed by atoms with Crippen LogP contribution < -0.4 is 5.32 Å². The molecule has 0 aromatic carbocycles. The summed E-state index contributed by atoms with van der Waals surface area (Å²) in [6.45, 7) is 2.79. The van der Waals surface area contributed by atoms with Gasteiger partial charge in [-0.05, 0) is 18.4 Å². The van der Waals surface area contributed by atoms with Crippen LogP contribution in [-0.2, 0) is 13.6 Å². The SMILES string of the molecule is Cc1c(CNc2ncnc3ccsc23)cnn1C. The van der Waals surface area contributed by atoms with Crippen LogP contribution in [0.15, 0.2) is 24.0 Å². The Kier molecular flexibility index (Phi) is 2.71. The van der Waals surface area contributed by atoms with E-state index in [0.29, 0.717) is 0 Å². The van der Waals surface area contributed by atoms with Crippen molar-refractivity contribution < 1.29 is 0 Å². The molecular formula is C12H13N5S. The number of aromatic nitrogens is 4. The molecule has 0 spiro atoms. The lowest BCUT2D eigenvalue weighted by atomic mass is 10.2. The molecule has 0 fully saturated rings. The van der Waals surface area contributed by atoms with Crippen molar-refractivity contribution >= 4 is 27.4 Å². The maximum Gasteiger partial charge on any atom is 0.147 e. The Hall–Kier alpha value is -1.95. The first kappa shape index (κ1) is 11.2. The highest BCUT2D eigenvalue weighted by Crippen LogP contribution is 2.25. The first-order chi connectivity index (χ1) is 8.75. The molecule has 0 aliphatic carbocycles. The molecule has 0 amide bonds. The van der Waals surface area contributed by atoms with Crippen LogP contribution in [0.4, 0.5) is 5.82 Å². The normalized spacial score (nSPS) is 11.0. The van der Waals surface area contributed by atoms with E-state index in [2.05, 4.69) is 27.3 Å². The summed E-state index contributed by atoms with van der Waals surface area (Å²) < 4.78 is 2.97. The van der Waals surface area contributed by atoms with Crippen molar-refractivity contribution in [2.45, 2.75) is 13.5 Å². The summed E-state index contributed by atoms with van der Waals surface area (Å²) in [6, 6.07) is 2.00. The highest BCUT2D eigenvalue weighted by atomic mass is 32.1. The number of nitrogens with one attached hydrogen (secondary N) is 1. The van der Waals surface area contributed by atoms with E-state index in [1.165, 1.54) is 11.3 Å². The Labute approximate surface area is 109 Å². The molecule has 0 aliphatic heterocycles. The van der Waals surface area contributed by atoms with E-state index in [4.69, 9.17) is 0 Å². The Morgan fingerprint density at radius 2 is 2.28 bits per heavy atom. The van der Waals surface area contributed by atoms with E-state index in [1.807, 2.05) is 29.4 Å². The molecule has 3 rings (SSSR count). The van der Waals surface area contributed by atoms with Crippen LogP contribution in [0, 0.1) is 6.92 Å². The van der Waals surface area contributed by atoms with Crippen molar-refractivity contribution in [2.24, 2.45) is 7.05 Å². The third-order valence-corrected chi connectivity index (χ3v) is 3.94. The molecule has 1 N–H and O–H groups in total. The van der Waals surface area contributed by atoms with Gasteiger partial charge < -0.3 is 5.32 Å². The summed E-state index contributed by atoms with van der Waals surface area (Å²) in [6.07, 6.45) is 3.47. The van der Waals surface area contributed by atoms with Crippen molar-refractivity contribution in [3.05, 3.63) is 35.2 Å². The molecule has 0 bridgehead atoms. The number of hydrogen-bond acceptors (Lipinski definition) is 5. The van der Waals surface area contributed by atoms with E-state index in [1.54, 1.807) is 17.7 Å². The highest BCUT2D eigenvalue weighted by molar-refractivity contribution is 7.17. The minimum absolute atomic E-state index is 0.726. The molecule has 92 valence electrons. The molecule has 18 heavy (non-hydrogen) atoms. The molecule has 0 saturated carbocycles. The molecule has 0 saturated heterocycles. The average Bonchev–Trinajstić information content (AvgIpc) is 2.97. The van der Waals surface area contributed by atoms with Crippen molar-refractivity contribution in [2.75, 3.05) is 5.32 Å². The van der Waals surface area contributed by atoms with Gasteiger partial charge >= 0.3 is 0 Å². The molecule has 0 aliphatic rings. The van der Waals surface area contributed by atoms with Crippen molar-refractivity contribution in [1.82, 2.24) is 19.7 Å². The zero-order chi connectivity index (χ0) is 12.5. The van der Waals surface area contributed by atoms with Gasteiger partial charge in [0.25, 0.3) is 0 Å². The predicted octanol–water partition coefficient (Wildman–Crippen LogP) is 2.35. The first-order valence-corrected chi connectivity index (χ1v) is 6.53. The predicted molar refractivity (Wildman–Crippen MR) is 72.7 cm³/mol. The second-order valence-corrected chi connectivity index (χ2v) is 5.01. The van der Waals surface area contributed by atoms with Crippen LogP contribution in [0.3, 0.4) is 0 Å². The zero-order valence-corrected chi connectivity index (χ0v) is 11.0. The second kappa shape index (κ2) is 4.38.